The van der Waals surface area contributed by atoms with Gasteiger partial charge in [-0.25, -0.2) is 0 Å². The third-order valence-electron chi connectivity index (χ3n) is 4.93. The van der Waals surface area contributed by atoms with Gasteiger partial charge >= 0.3 is 0 Å². The summed E-state index contributed by atoms with van der Waals surface area (Å²) in [7, 11) is 0. The van der Waals surface area contributed by atoms with Crippen LogP contribution in [0.3, 0.4) is 0 Å². The molecule has 0 saturated carbocycles. The van der Waals surface area contributed by atoms with Gasteiger partial charge in [0.1, 0.15) is 0 Å². The van der Waals surface area contributed by atoms with Crippen molar-refractivity contribution < 1.29 is 9.90 Å². The Bertz CT molecular complexity index is 1080. The molecule has 3 aromatic rings. The summed E-state index contributed by atoms with van der Waals surface area (Å²) < 4.78 is 0. The lowest BCUT2D eigenvalue weighted by atomic mass is 9.71. The Morgan fingerprint density at radius 3 is 2.27 bits per heavy atom. The second-order valence-corrected chi connectivity index (χ2v) is 6.65. The van der Waals surface area contributed by atoms with E-state index in [2.05, 4.69) is 11.8 Å². The number of benzene rings is 3. The van der Waals surface area contributed by atoms with Gasteiger partial charge < -0.3 is 5.11 Å². The van der Waals surface area contributed by atoms with Crippen LogP contribution in [0.5, 0.6) is 0 Å². The van der Waals surface area contributed by atoms with Crippen molar-refractivity contribution in [2.24, 2.45) is 0 Å². The van der Waals surface area contributed by atoms with Crippen LogP contribution in [-0.2, 0) is 5.60 Å². The Morgan fingerprint density at radius 1 is 0.846 bits per heavy atom. The molecule has 0 unspecified atom stereocenters. The minimum atomic E-state index is -1.52. The van der Waals surface area contributed by atoms with Gasteiger partial charge in [0.05, 0.1) is 0 Å². The number of hydrogen-bond acceptors (Lipinski definition) is 2. The van der Waals surface area contributed by atoms with Crippen LogP contribution in [0.2, 0.25) is 0 Å². The standard InChI is InChI=1S/C24H18O2/c1-16-12-13-17(2)22-21(16)23(25)19-10-6-7-11-20(19)24(22,26)15-14-18-8-4-3-5-9-18/h3-13,26H,1-2H3/t24-/m0/s1. The molecular formula is C24H18O2. The van der Waals surface area contributed by atoms with E-state index in [1.165, 1.54) is 0 Å². The molecule has 0 saturated heterocycles. The summed E-state index contributed by atoms with van der Waals surface area (Å²) in [5.74, 6) is 6.10. The highest BCUT2D eigenvalue weighted by molar-refractivity contribution is 6.14. The summed E-state index contributed by atoms with van der Waals surface area (Å²) in [6, 6.07) is 20.6. The molecule has 1 aliphatic carbocycles. The molecule has 1 N–H and O–H groups in total. The van der Waals surface area contributed by atoms with Gasteiger partial charge in [-0.2, -0.15) is 0 Å². The number of ketones is 1. The van der Waals surface area contributed by atoms with Gasteiger partial charge in [0.2, 0.25) is 0 Å². The van der Waals surface area contributed by atoms with E-state index >= 15 is 0 Å². The predicted octanol–water partition coefficient (Wildman–Crippen LogP) is 4.14. The van der Waals surface area contributed by atoms with Gasteiger partial charge in [0.25, 0.3) is 0 Å². The van der Waals surface area contributed by atoms with Gasteiger partial charge in [-0.05, 0) is 37.1 Å². The average molecular weight is 338 g/mol. The van der Waals surface area contributed by atoms with Crippen LogP contribution in [-0.4, -0.2) is 10.9 Å². The Kier molecular flexibility index (Phi) is 3.76. The van der Waals surface area contributed by atoms with Crippen molar-refractivity contribution in [1.82, 2.24) is 0 Å². The molecular weight excluding hydrogens is 320 g/mol. The summed E-state index contributed by atoms with van der Waals surface area (Å²) in [5, 5.41) is 11.7. The molecule has 2 heteroatoms. The molecule has 26 heavy (non-hydrogen) atoms. The van der Waals surface area contributed by atoms with Crippen LogP contribution in [0.15, 0.2) is 66.7 Å². The van der Waals surface area contributed by atoms with Gasteiger partial charge in [0.15, 0.2) is 11.4 Å². The first-order chi connectivity index (χ1) is 12.5. The minimum absolute atomic E-state index is 0.0528. The maximum absolute atomic E-state index is 13.1. The quantitative estimate of drug-likeness (QED) is 0.626. The lowest BCUT2D eigenvalue weighted by Gasteiger charge is -2.34. The van der Waals surface area contributed by atoms with Crippen molar-refractivity contribution in [2.75, 3.05) is 0 Å². The molecule has 2 nitrogen and oxygen atoms in total. The molecule has 0 bridgehead atoms. The molecule has 0 aromatic heterocycles. The van der Waals surface area contributed by atoms with E-state index in [1.807, 2.05) is 68.4 Å². The highest BCUT2D eigenvalue weighted by atomic mass is 16.3. The number of aryl methyl sites for hydroxylation is 2. The highest BCUT2D eigenvalue weighted by Gasteiger charge is 2.42. The third kappa shape index (κ3) is 2.37. The third-order valence-corrected chi connectivity index (χ3v) is 4.93. The molecule has 0 radical (unpaired) electrons. The lowest BCUT2D eigenvalue weighted by Crippen LogP contribution is -2.36. The van der Waals surface area contributed by atoms with Crippen molar-refractivity contribution >= 4 is 5.78 Å². The fourth-order valence-corrected chi connectivity index (χ4v) is 3.65. The first kappa shape index (κ1) is 16.3. The van der Waals surface area contributed by atoms with E-state index in [-0.39, 0.29) is 5.78 Å². The highest BCUT2D eigenvalue weighted by Crippen LogP contribution is 2.42. The minimum Gasteiger partial charge on any atom is -0.369 e. The number of fused-ring (bicyclic) bond motifs is 2. The van der Waals surface area contributed by atoms with Gasteiger partial charge in [-0.3, -0.25) is 4.79 Å². The zero-order valence-corrected chi connectivity index (χ0v) is 14.7. The van der Waals surface area contributed by atoms with Crippen molar-refractivity contribution in [3.8, 4) is 11.8 Å². The second-order valence-electron chi connectivity index (χ2n) is 6.65. The van der Waals surface area contributed by atoms with Gasteiger partial charge in [-0.1, -0.05) is 66.4 Å². The van der Waals surface area contributed by atoms with E-state index in [9.17, 15) is 9.90 Å². The lowest BCUT2D eigenvalue weighted by molar-refractivity contribution is 0.0978. The maximum Gasteiger partial charge on any atom is 0.194 e. The molecule has 0 heterocycles. The van der Waals surface area contributed by atoms with Crippen LogP contribution in [0.4, 0.5) is 0 Å². The average Bonchev–Trinajstić information content (AvgIpc) is 2.67. The summed E-state index contributed by atoms with van der Waals surface area (Å²) in [6.45, 7) is 3.81. The molecule has 1 aliphatic rings. The molecule has 126 valence electrons. The van der Waals surface area contributed by atoms with E-state index < -0.39 is 5.60 Å². The van der Waals surface area contributed by atoms with E-state index in [0.29, 0.717) is 22.3 Å². The van der Waals surface area contributed by atoms with Gasteiger partial charge in [-0.15, -0.1) is 0 Å². The zero-order valence-electron chi connectivity index (χ0n) is 14.7. The summed E-state index contributed by atoms with van der Waals surface area (Å²) in [5.41, 5.74) is 3.24. The van der Waals surface area contributed by atoms with Crippen LogP contribution in [0.1, 0.15) is 43.7 Å². The van der Waals surface area contributed by atoms with Crippen molar-refractivity contribution in [3.05, 3.63) is 106 Å². The van der Waals surface area contributed by atoms with Crippen molar-refractivity contribution in [3.63, 3.8) is 0 Å². The maximum atomic E-state index is 13.1. The number of aliphatic hydroxyl groups is 1. The van der Waals surface area contributed by atoms with Crippen molar-refractivity contribution in [1.29, 1.82) is 0 Å². The molecule has 0 spiro atoms. The molecule has 0 fully saturated rings. The Balaban J connectivity index is 2.04. The predicted molar refractivity (Wildman–Crippen MR) is 102 cm³/mol. The van der Waals surface area contributed by atoms with Gasteiger partial charge in [0, 0.05) is 27.8 Å². The first-order valence-electron chi connectivity index (χ1n) is 8.58. The monoisotopic (exact) mass is 338 g/mol. The normalized spacial score (nSPS) is 17.7. The second kappa shape index (κ2) is 5.98. The Morgan fingerprint density at radius 2 is 1.50 bits per heavy atom. The summed E-state index contributed by atoms with van der Waals surface area (Å²) in [4.78, 5) is 13.1. The first-order valence-corrected chi connectivity index (χ1v) is 8.58. The van der Waals surface area contributed by atoms with Crippen molar-refractivity contribution in [2.45, 2.75) is 19.4 Å². The molecule has 0 aliphatic heterocycles. The number of carbonyl (C=O) groups excluding carboxylic acids is 1. The Hall–Kier alpha value is -3.15. The zero-order chi connectivity index (χ0) is 18.3. The number of carbonyl (C=O) groups is 1. The van der Waals surface area contributed by atoms with E-state index in [4.69, 9.17) is 0 Å². The smallest absolute Gasteiger partial charge is 0.194 e. The largest absolute Gasteiger partial charge is 0.369 e. The molecule has 3 aromatic carbocycles. The number of hydrogen-bond donors (Lipinski definition) is 1. The fraction of sp³-hybridized carbons (Fsp3) is 0.125. The van der Waals surface area contributed by atoms with Crippen LogP contribution in [0, 0.1) is 25.7 Å². The fourth-order valence-electron chi connectivity index (χ4n) is 3.65. The van der Waals surface area contributed by atoms with E-state index in [0.717, 1.165) is 16.7 Å². The molecule has 0 amide bonds. The Labute approximate surface area is 153 Å². The van der Waals surface area contributed by atoms with Crippen LogP contribution in [0.25, 0.3) is 0 Å². The number of rotatable bonds is 0. The van der Waals surface area contributed by atoms with Crippen LogP contribution >= 0.6 is 0 Å². The van der Waals surface area contributed by atoms with E-state index in [1.54, 1.807) is 12.1 Å². The SMILES string of the molecule is Cc1ccc(C)c2c1C(=O)c1ccccc1[C@@]2(O)C#Cc1ccccc1. The molecule has 4 rings (SSSR count). The van der Waals surface area contributed by atoms with Crippen LogP contribution < -0.4 is 0 Å². The topological polar surface area (TPSA) is 37.3 Å². The summed E-state index contributed by atoms with van der Waals surface area (Å²) in [6.07, 6.45) is 0. The molecule has 1 atom stereocenters. The summed E-state index contributed by atoms with van der Waals surface area (Å²) >= 11 is 0.